The Bertz CT molecular complexity index is 105. The van der Waals surface area contributed by atoms with E-state index < -0.39 is 11.5 Å². The maximum atomic E-state index is 10.7. The first-order chi connectivity index (χ1) is 4.72. The molecule has 0 radical (unpaired) electrons. The molecule has 0 N–H and O–H groups in total. The van der Waals surface area contributed by atoms with Gasteiger partial charge in [0.15, 0.2) is 0 Å². The number of alkyl halides is 1. The minimum atomic E-state index is -0.954. The average Bonchev–Trinajstić information content (AvgIpc) is 1.89. The van der Waals surface area contributed by atoms with Gasteiger partial charge >= 0.3 is 5.97 Å². The van der Waals surface area contributed by atoms with Gasteiger partial charge in [0.25, 0.3) is 0 Å². The normalized spacial score (nSPS) is 12.7. The van der Waals surface area contributed by atoms with Crippen molar-refractivity contribution in [3.8, 4) is 0 Å². The second-order valence-corrected chi connectivity index (χ2v) is 1.92. The van der Waals surface area contributed by atoms with Crippen LogP contribution in [0.2, 0.25) is 0 Å². The van der Waals surface area contributed by atoms with Crippen molar-refractivity contribution in [3.05, 3.63) is 0 Å². The molecule has 0 aromatic heterocycles. The quantitative estimate of drug-likeness (QED) is 0.464. The van der Waals surface area contributed by atoms with Gasteiger partial charge in [-0.05, 0) is 13.8 Å². The van der Waals surface area contributed by atoms with Crippen LogP contribution in [0.5, 0.6) is 0 Å². The molecule has 0 aromatic rings. The molecule has 0 amide bonds. The van der Waals surface area contributed by atoms with E-state index in [4.69, 9.17) is 16.3 Å². The van der Waals surface area contributed by atoms with Gasteiger partial charge in [0, 0.05) is 6.61 Å². The van der Waals surface area contributed by atoms with Gasteiger partial charge in [-0.3, -0.25) is 0 Å². The van der Waals surface area contributed by atoms with Crippen molar-refractivity contribution in [2.24, 2.45) is 0 Å². The fourth-order valence-electron chi connectivity index (χ4n) is 0.422. The third-order valence-corrected chi connectivity index (χ3v) is 1.09. The molecule has 3 nitrogen and oxygen atoms in total. The van der Waals surface area contributed by atoms with E-state index in [0.717, 1.165) is 0 Å². The summed E-state index contributed by atoms with van der Waals surface area (Å²) in [4.78, 5) is 10.7. The van der Waals surface area contributed by atoms with Gasteiger partial charge in [0.05, 0.1) is 6.61 Å². The molecule has 60 valence electrons. The van der Waals surface area contributed by atoms with Crippen molar-refractivity contribution in [2.75, 3.05) is 13.2 Å². The molecule has 0 bridgehead atoms. The molecule has 0 saturated carbocycles. The predicted octanol–water partition coefficient (Wildman–Crippen LogP) is 1.15. The standard InChI is InChI=1S/C6H11ClO3/c1-3-9-5(7)6(8)10-4-2/h5H,3-4H2,1-2H3. The summed E-state index contributed by atoms with van der Waals surface area (Å²) in [5.74, 6) is -0.522. The Morgan fingerprint density at radius 1 is 1.50 bits per heavy atom. The van der Waals surface area contributed by atoms with Crippen LogP contribution < -0.4 is 0 Å². The van der Waals surface area contributed by atoms with E-state index >= 15 is 0 Å². The summed E-state index contributed by atoms with van der Waals surface area (Å²) >= 11 is 5.41. The van der Waals surface area contributed by atoms with Crippen LogP contribution in [0.1, 0.15) is 13.8 Å². The molecule has 0 heterocycles. The van der Waals surface area contributed by atoms with Crippen LogP contribution in [0.15, 0.2) is 0 Å². The van der Waals surface area contributed by atoms with Crippen LogP contribution in [-0.4, -0.2) is 24.7 Å². The number of carbonyl (C=O) groups is 1. The van der Waals surface area contributed by atoms with Crippen LogP contribution in [0.3, 0.4) is 0 Å². The van der Waals surface area contributed by atoms with Gasteiger partial charge in [-0.1, -0.05) is 11.6 Å². The monoisotopic (exact) mass is 166 g/mol. The van der Waals surface area contributed by atoms with E-state index in [1.165, 1.54) is 0 Å². The van der Waals surface area contributed by atoms with E-state index in [9.17, 15) is 4.79 Å². The second-order valence-electron chi connectivity index (χ2n) is 1.52. The summed E-state index contributed by atoms with van der Waals surface area (Å²) in [6.07, 6.45) is 0. The number of carbonyl (C=O) groups excluding carboxylic acids is 1. The summed E-state index contributed by atoms with van der Waals surface area (Å²) in [7, 11) is 0. The number of hydrogen-bond acceptors (Lipinski definition) is 3. The SMILES string of the molecule is CCOC(=O)C(Cl)OCC. The summed E-state index contributed by atoms with van der Waals surface area (Å²) < 4.78 is 9.31. The summed E-state index contributed by atoms with van der Waals surface area (Å²) in [5.41, 5.74) is -0.954. The van der Waals surface area contributed by atoms with Crippen LogP contribution in [0, 0.1) is 0 Å². The van der Waals surface area contributed by atoms with Crippen molar-refractivity contribution >= 4 is 17.6 Å². The van der Waals surface area contributed by atoms with Crippen molar-refractivity contribution in [3.63, 3.8) is 0 Å². The first kappa shape index (κ1) is 9.72. The molecule has 0 aliphatic carbocycles. The zero-order valence-corrected chi connectivity index (χ0v) is 6.85. The zero-order chi connectivity index (χ0) is 7.98. The van der Waals surface area contributed by atoms with Crippen LogP contribution in [0.4, 0.5) is 0 Å². The third-order valence-electron chi connectivity index (χ3n) is 0.785. The topological polar surface area (TPSA) is 35.5 Å². The minimum Gasteiger partial charge on any atom is -0.463 e. The lowest BCUT2D eigenvalue weighted by Gasteiger charge is -2.06. The fraction of sp³-hybridized carbons (Fsp3) is 0.833. The summed E-state index contributed by atoms with van der Waals surface area (Å²) in [6, 6.07) is 0. The Morgan fingerprint density at radius 3 is 2.50 bits per heavy atom. The predicted molar refractivity (Wildman–Crippen MR) is 37.9 cm³/mol. The van der Waals surface area contributed by atoms with Gasteiger partial charge in [0.2, 0.25) is 5.56 Å². The molecular weight excluding hydrogens is 156 g/mol. The number of esters is 1. The smallest absolute Gasteiger partial charge is 0.350 e. The highest BCUT2D eigenvalue weighted by Crippen LogP contribution is 2.00. The van der Waals surface area contributed by atoms with E-state index in [2.05, 4.69) is 4.74 Å². The van der Waals surface area contributed by atoms with E-state index in [0.29, 0.717) is 13.2 Å². The highest BCUT2D eigenvalue weighted by Gasteiger charge is 2.14. The lowest BCUT2D eigenvalue weighted by atomic mass is 10.7. The first-order valence-corrected chi connectivity index (χ1v) is 3.58. The van der Waals surface area contributed by atoms with Crippen LogP contribution in [-0.2, 0) is 14.3 Å². The number of halogens is 1. The number of rotatable bonds is 4. The summed E-state index contributed by atoms with van der Waals surface area (Å²) in [6.45, 7) is 4.21. The summed E-state index contributed by atoms with van der Waals surface area (Å²) in [5, 5.41) is 0. The second kappa shape index (κ2) is 5.50. The van der Waals surface area contributed by atoms with Crippen molar-refractivity contribution in [2.45, 2.75) is 19.4 Å². The lowest BCUT2D eigenvalue weighted by molar-refractivity contribution is -0.151. The number of ether oxygens (including phenoxy) is 2. The highest BCUT2D eigenvalue weighted by atomic mass is 35.5. The Labute approximate surface area is 65.3 Å². The first-order valence-electron chi connectivity index (χ1n) is 3.14. The molecule has 0 aliphatic rings. The molecule has 0 rings (SSSR count). The highest BCUT2D eigenvalue weighted by molar-refractivity contribution is 6.28. The minimum absolute atomic E-state index is 0.328. The average molecular weight is 167 g/mol. The van der Waals surface area contributed by atoms with E-state index in [1.807, 2.05) is 0 Å². The maximum absolute atomic E-state index is 10.7. The van der Waals surface area contributed by atoms with Crippen molar-refractivity contribution in [1.82, 2.24) is 0 Å². The molecular formula is C6H11ClO3. The molecule has 0 spiro atoms. The van der Waals surface area contributed by atoms with Gasteiger partial charge in [-0.2, -0.15) is 0 Å². The molecule has 4 heteroatoms. The van der Waals surface area contributed by atoms with Gasteiger partial charge in [-0.25, -0.2) is 4.79 Å². The Hall–Kier alpha value is -0.280. The number of hydrogen-bond donors (Lipinski definition) is 0. The van der Waals surface area contributed by atoms with Crippen LogP contribution in [0.25, 0.3) is 0 Å². The van der Waals surface area contributed by atoms with Gasteiger partial charge < -0.3 is 9.47 Å². The molecule has 0 aromatic carbocycles. The van der Waals surface area contributed by atoms with Gasteiger partial charge in [-0.15, -0.1) is 0 Å². The molecule has 0 saturated heterocycles. The molecule has 1 atom stereocenters. The molecule has 0 aliphatic heterocycles. The van der Waals surface area contributed by atoms with Gasteiger partial charge in [0.1, 0.15) is 0 Å². The largest absolute Gasteiger partial charge is 0.463 e. The van der Waals surface area contributed by atoms with E-state index in [-0.39, 0.29) is 0 Å². The van der Waals surface area contributed by atoms with E-state index in [1.54, 1.807) is 13.8 Å². The molecule has 0 fully saturated rings. The maximum Gasteiger partial charge on any atom is 0.350 e. The molecule has 1 unspecified atom stereocenters. The Morgan fingerprint density at radius 2 is 2.10 bits per heavy atom. The van der Waals surface area contributed by atoms with Crippen molar-refractivity contribution < 1.29 is 14.3 Å². The Balaban J connectivity index is 3.49. The van der Waals surface area contributed by atoms with Crippen LogP contribution >= 0.6 is 11.6 Å². The lowest BCUT2D eigenvalue weighted by Crippen LogP contribution is -2.20. The zero-order valence-electron chi connectivity index (χ0n) is 6.09. The third kappa shape index (κ3) is 3.69. The fourth-order valence-corrected chi connectivity index (χ4v) is 0.611. The Kier molecular flexibility index (Phi) is 5.35. The van der Waals surface area contributed by atoms with Crippen molar-refractivity contribution in [1.29, 1.82) is 0 Å². The molecule has 10 heavy (non-hydrogen) atoms.